The van der Waals surface area contributed by atoms with Crippen LogP contribution in [-0.4, -0.2) is 45.4 Å². The van der Waals surface area contributed by atoms with Gasteiger partial charge in [0.05, 0.1) is 40.1 Å². The fourth-order valence-electron chi connectivity index (χ4n) is 3.72. The minimum absolute atomic E-state index is 0.0905. The van der Waals surface area contributed by atoms with Gasteiger partial charge in [0, 0.05) is 12.4 Å². The Morgan fingerprint density at radius 2 is 1.96 bits per heavy atom. The predicted molar refractivity (Wildman–Crippen MR) is 103 cm³/mol. The maximum atomic E-state index is 12.9. The maximum Gasteiger partial charge on any atom is 0.276 e. The molecule has 0 aliphatic carbocycles. The topological polar surface area (TPSA) is 98.9 Å². The molecule has 9 heteroatoms. The summed E-state index contributed by atoms with van der Waals surface area (Å²) in [5, 5.41) is 12.5. The molecule has 1 aliphatic rings. The summed E-state index contributed by atoms with van der Waals surface area (Å²) in [5.41, 5.74) is 3.25. The molecule has 1 N–H and O–H groups in total. The van der Waals surface area contributed by atoms with Gasteiger partial charge in [-0.3, -0.25) is 14.2 Å². The number of rotatable bonds is 3. The number of fused-ring (bicyclic) bond motifs is 1. The third-order valence-electron chi connectivity index (χ3n) is 5.09. The van der Waals surface area contributed by atoms with Crippen LogP contribution in [0.2, 0.25) is 0 Å². The number of nitrogens with one attached hydrogen (secondary N) is 1. The Hall–Kier alpha value is -2.68. The number of carbonyl (C=O) groups is 1. The van der Waals surface area contributed by atoms with Crippen LogP contribution in [0.4, 0.5) is 5.69 Å². The first-order valence-corrected chi connectivity index (χ1v) is 10.6. The zero-order valence-electron chi connectivity index (χ0n) is 15.4. The average molecular weight is 387 g/mol. The number of carbonyl (C=O) groups excluding carboxylic acids is 1. The lowest BCUT2D eigenvalue weighted by Crippen LogP contribution is -2.16. The molecule has 1 unspecified atom stereocenters. The largest absolute Gasteiger partial charge is 0.317 e. The van der Waals surface area contributed by atoms with E-state index in [2.05, 4.69) is 15.5 Å². The Labute approximate surface area is 157 Å². The number of benzene rings is 1. The van der Waals surface area contributed by atoms with Crippen molar-refractivity contribution >= 4 is 32.3 Å². The van der Waals surface area contributed by atoms with E-state index in [4.69, 9.17) is 0 Å². The highest BCUT2D eigenvalue weighted by atomic mass is 32.2. The highest BCUT2D eigenvalue weighted by Crippen LogP contribution is 2.29. The van der Waals surface area contributed by atoms with Gasteiger partial charge in [0.15, 0.2) is 15.5 Å². The second-order valence-electron chi connectivity index (χ2n) is 6.99. The molecule has 0 spiro atoms. The SMILES string of the molecule is Cc1nn(C2CCS(=O)(=O)C2)c(C)c1NC(=O)c1nn(C)c2ccccc12. The molecule has 0 saturated carbocycles. The number of hydrogen-bond donors (Lipinski definition) is 1. The summed E-state index contributed by atoms with van der Waals surface area (Å²) in [5.74, 6) is -0.0400. The van der Waals surface area contributed by atoms with Crippen LogP contribution in [0.25, 0.3) is 10.9 Å². The summed E-state index contributed by atoms with van der Waals surface area (Å²) in [6.45, 7) is 3.65. The van der Waals surface area contributed by atoms with Gasteiger partial charge in [-0.15, -0.1) is 0 Å². The zero-order chi connectivity index (χ0) is 19.3. The van der Waals surface area contributed by atoms with Crippen molar-refractivity contribution in [1.82, 2.24) is 19.6 Å². The van der Waals surface area contributed by atoms with Gasteiger partial charge in [0.1, 0.15) is 0 Å². The zero-order valence-corrected chi connectivity index (χ0v) is 16.2. The molecule has 1 aromatic carbocycles. The Bertz CT molecular complexity index is 1160. The van der Waals surface area contributed by atoms with E-state index < -0.39 is 9.84 Å². The first-order valence-electron chi connectivity index (χ1n) is 8.76. The van der Waals surface area contributed by atoms with E-state index in [1.165, 1.54) is 0 Å². The van der Waals surface area contributed by atoms with E-state index in [0.717, 1.165) is 16.6 Å². The second-order valence-corrected chi connectivity index (χ2v) is 9.22. The standard InChI is InChI=1S/C18H21N5O3S/c1-11-16(12(2)23(20-11)13-8-9-27(25,26)10-13)19-18(24)17-14-6-4-5-7-15(14)22(3)21-17/h4-7,13H,8-10H2,1-3H3,(H,19,24). The Morgan fingerprint density at radius 1 is 1.22 bits per heavy atom. The Kier molecular flexibility index (Phi) is 4.06. The molecule has 142 valence electrons. The van der Waals surface area contributed by atoms with Crippen molar-refractivity contribution in [2.24, 2.45) is 7.05 Å². The van der Waals surface area contributed by atoms with E-state index in [1.807, 2.05) is 31.2 Å². The molecule has 1 saturated heterocycles. The summed E-state index contributed by atoms with van der Waals surface area (Å²) in [6.07, 6.45) is 0.544. The van der Waals surface area contributed by atoms with Crippen molar-refractivity contribution in [3.05, 3.63) is 41.3 Å². The van der Waals surface area contributed by atoms with Crippen LogP contribution in [0.15, 0.2) is 24.3 Å². The molecule has 4 rings (SSSR count). The van der Waals surface area contributed by atoms with Gasteiger partial charge in [0.25, 0.3) is 5.91 Å². The van der Waals surface area contributed by atoms with Gasteiger partial charge in [-0.05, 0) is 26.3 Å². The average Bonchev–Trinajstić information content (AvgIpc) is 3.24. The Balaban J connectivity index is 1.66. The summed E-state index contributed by atoms with van der Waals surface area (Å²) in [7, 11) is -1.21. The van der Waals surface area contributed by atoms with Gasteiger partial charge >= 0.3 is 0 Å². The number of hydrogen-bond acceptors (Lipinski definition) is 5. The molecule has 1 aliphatic heterocycles. The molecular weight excluding hydrogens is 366 g/mol. The minimum Gasteiger partial charge on any atom is -0.317 e. The lowest BCUT2D eigenvalue weighted by atomic mass is 10.2. The fourth-order valence-corrected chi connectivity index (χ4v) is 5.41. The smallest absolute Gasteiger partial charge is 0.276 e. The van der Waals surface area contributed by atoms with Crippen LogP contribution in [0.5, 0.6) is 0 Å². The molecule has 0 radical (unpaired) electrons. The van der Waals surface area contributed by atoms with Gasteiger partial charge in [-0.2, -0.15) is 10.2 Å². The van der Waals surface area contributed by atoms with Gasteiger partial charge in [-0.1, -0.05) is 18.2 Å². The van der Waals surface area contributed by atoms with Crippen molar-refractivity contribution in [2.75, 3.05) is 16.8 Å². The maximum absolute atomic E-state index is 12.9. The highest BCUT2D eigenvalue weighted by Gasteiger charge is 2.32. The lowest BCUT2D eigenvalue weighted by Gasteiger charge is -2.11. The molecule has 8 nitrogen and oxygen atoms in total. The van der Waals surface area contributed by atoms with Crippen molar-refractivity contribution < 1.29 is 13.2 Å². The van der Waals surface area contributed by atoms with E-state index in [-0.39, 0.29) is 23.5 Å². The van der Waals surface area contributed by atoms with E-state index in [0.29, 0.717) is 23.5 Å². The van der Waals surface area contributed by atoms with Crippen LogP contribution in [0, 0.1) is 13.8 Å². The number of aromatic nitrogens is 4. The molecule has 3 aromatic rings. The molecule has 1 amide bonds. The molecule has 0 bridgehead atoms. The fraction of sp³-hybridized carbons (Fsp3) is 0.389. The van der Waals surface area contributed by atoms with Gasteiger partial charge < -0.3 is 5.32 Å². The van der Waals surface area contributed by atoms with Crippen molar-refractivity contribution in [1.29, 1.82) is 0 Å². The number of anilines is 1. The molecule has 1 fully saturated rings. The van der Waals surface area contributed by atoms with Crippen molar-refractivity contribution in [2.45, 2.75) is 26.3 Å². The van der Waals surface area contributed by atoms with Crippen LogP contribution < -0.4 is 5.32 Å². The van der Waals surface area contributed by atoms with E-state index in [1.54, 1.807) is 23.3 Å². The first-order chi connectivity index (χ1) is 12.8. The summed E-state index contributed by atoms with van der Waals surface area (Å²) < 4.78 is 27.0. The predicted octanol–water partition coefficient (Wildman–Crippen LogP) is 2.00. The molecule has 2 aromatic heterocycles. The number of aryl methyl sites for hydroxylation is 2. The molecule has 27 heavy (non-hydrogen) atoms. The van der Waals surface area contributed by atoms with Crippen LogP contribution in [0.3, 0.4) is 0 Å². The first kappa shape index (κ1) is 17.7. The van der Waals surface area contributed by atoms with Crippen molar-refractivity contribution in [3.8, 4) is 0 Å². The number of sulfone groups is 1. The Morgan fingerprint density at radius 3 is 2.67 bits per heavy atom. The van der Waals surface area contributed by atoms with Crippen LogP contribution in [-0.2, 0) is 16.9 Å². The highest BCUT2D eigenvalue weighted by molar-refractivity contribution is 7.91. The number of para-hydroxylation sites is 1. The van der Waals surface area contributed by atoms with Gasteiger partial charge in [-0.25, -0.2) is 8.42 Å². The van der Waals surface area contributed by atoms with Gasteiger partial charge in [0.2, 0.25) is 0 Å². The normalized spacial score (nSPS) is 18.9. The number of nitrogens with zero attached hydrogens (tertiary/aromatic N) is 4. The van der Waals surface area contributed by atoms with Crippen molar-refractivity contribution in [3.63, 3.8) is 0 Å². The summed E-state index contributed by atoms with van der Waals surface area (Å²) in [4.78, 5) is 12.9. The second kappa shape index (κ2) is 6.19. The minimum atomic E-state index is -3.01. The molecular formula is C18H21N5O3S. The van der Waals surface area contributed by atoms with E-state index >= 15 is 0 Å². The van der Waals surface area contributed by atoms with E-state index in [9.17, 15) is 13.2 Å². The lowest BCUT2D eigenvalue weighted by molar-refractivity contribution is 0.102. The third kappa shape index (κ3) is 3.01. The van der Waals surface area contributed by atoms with Crippen LogP contribution >= 0.6 is 0 Å². The molecule has 1 atom stereocenters. The molecule has 3 heterocycles. The summed E-state index contributed by atoms with van der Waals surface area (Å²) >= 11 is 0. The third-order valence-corrected chi connectivity index (χ3v) is 6.84. The monoisotopic (exact) mass is 387 g/mol. The number of amides is 1. The van der Waals surface area contributed by atoms with Crippen LogP contribution in [0.1, 0.15) is 34.3 Å². The quantitative estimate of drug-likeness (QED) is 0.741. The summed E-state index contributed by atoms with van der Waals surface area (Å²) in [6, 6.07) is 7.36.